The fourth-order valence-electron chi connectivity index (χ4n) is 1.59. The van der Waals surface area contributed by atoms with E-state index >= 15 is 0 Å². The zero-order valence-corrected chi connectivity index (χ0v) is 9.81. The quantitative estimate of drug-likeness (QED) is 0.585. The van der Waals surface area contributed by atoms with Crippen LogP contribution >= 0.6 is 0 Å². The van der Waals surface area contributed by atoms with Crippen molar-refractivity contribution < 1.29 is 9.53 Å². The monoisotopic (exact) mass is 227 g/mol. The van der Waals surface area contributed by atoms with Gasteiger partial charge in [0.25, 0.3) is 0 Å². The Morgan fingerprint density at radius 3 is 2.94 bits per heavy atom. The number of carbonyl (C=O) groups is 1. The Morgan fingerprint density at radius 1 is 1.35 bits per heavy atom. The lowest BCUT2D eigenvalue weighted by Gasteiger charge is -2.00. The number of methoxy groups -OCH3 is 1. The van der Waals surface area contributed by atoms with Crippen LogP contribution in [-0.2, 0) is 9.53 Å². The van der Waals surface area contributed by atoms with Gasteiger partial charge in [-0.15, -0.1) is 0 Å². The summed E-state index contributed by atoms with van der Waals surface area (Å²) in [7, 11) is 1.36. The van der Waals surface area contributed by atoms with Crippen molar-refractivity contribution in [1.82, 2.24) is 4.98 Å². The maximum atomic E-state index is 11.0. The van der Waals surface area contributed by atoms with Crippen LogP contribution in [0.3, 0.4) is 0 Å². The van der Waals surface area contributed by atoms with Crippen LogP contribution in [0.25, 0.3) is 17.0 Å². The molecule has 0 fully saturated rings. The minimum atomic E-state index is -0.366. The normalized spacial score (nSPS) is 10.9. The number of pyridine rings is 1. The van der Waals surface area contributed by atoms with Crippen LogP contribution in [0, 0.1) is 6.92 Å². The molecule has 3 nitrogen and oxygen atoms in total. The van der Waals surface area contributed by atoms with Gasteiger partial charge in [-0.2, -0.15) is 0 Å². The van der Waals surface area contributed by atoms with Crippen LogP contribution in [-0.4, -0.2) is 18.1 Å². The summed E-state index contributed by atoms with van der Waals surface area (Å²) in [5.41, 5.74) is 3.02. The standard InChI is InChI=1S/C14H13NO2/c1-10-3-5-13-12(7-10)8-11(9-15-13)4-6-14(16)17-2/h3-9H,1-2H3. The summed E-state index contributed by atoms with van der Waals surface area (Å²) < 4.78 is 4.53. The summed E-state index contributed by atoms with van der Waals surface area (Å²) in [4.78, 5) is 15.3. The smallest absolute Gasteiger partial charge is 0.330 e. The maximum Gasteiger partial charge on any atom is 0.330 e. The first-order valence-corrected chi connectivity index (χ1v) is 5.31. The van der Waals surface area contributed by atoms with E-state index in [4.69, 9.17) is 0 Å². The highest BCUT2D eigenvalue weighted by Crippen LogP contribution is 2.15. The molecule has 86 valence electrons. The van der Waals surface area contributed by atoms with Gasteiger partial charge < -0.3 is 4.74 Å². The van der Waals surface area contributed by atoms with Crippen molar-refractivity contribution in [2.75, 3.05) is 7.11 Å². The first kappa shape index (κ1) is 11.3. The van der Waals surface area contributed by atoms with Gasteiger partial charge >= 0.3 is 5.97 Å². The van der Waals surface area contributed by atoms with Gasteiger partial charge in [0.1, 0.15) is 0 Å². The number of carbonyl (C=O) groups excluding carboxylic acids is 1. The van der Waals surface area contributed by atoms with Crippen molar-refractivity contribution in [1.29, 1.82) is 0 Å². The third-order valence-electron chi connectivity index (χ3n) is 2.47. The molecule has 2 rings (SSSR count). The molecule has 0 atom stereocenters. The van der Waals surface area contributed by atoms with Gasteiger partial charge in [0.15, 0.2) is 0 Å². The number of aryl methyl sites for hydroxylation is 1. The number of fused-ring (bicyclic) bond motifs is 1. The largest absolute Gasteiger partial charge is 0.466 e. The lowest BCUT2D eigenvalue weighted by atomic mass is 10.1. The van der Waals surface area contributed by atoms with Crippen LogP contribution in [0.5, 0.6) is 0 Å². The van der Waals surface area contributed by atoms with E-state index in [-0.39, 0.29) is 5.97 Å². The van der Waals surface area contributed by atoms with Crippen LogP contribution < -0.4 is 0 Å². The second-order valence-electron chi connectivity index (χ2n) is 3.82. The number of hydrogen-bond donors (Lipinski definition) is 0. The number of nitrogens with zero attached hydrogens (tertiary/aromatic N) is 1. The Labute approximate surface area is 99.7 Å². The molecule has 1 aromatic heterocycles. The molecule has 0 radical (unpaired) electrons. The number of rotatable bonds is 2. The van der Waals surface area contributed by atoms with E-state index in [2.05, 4.69) is 15.8 Å². The van der Waals surface area contributed by atoms with Crippen molar-refractivity contribution in [2.24, 2.45) is 0 Å². The average Bonchev–Trinajstić information content (AvgIpc) is 2.35. The Morgan fingerprint density at radius 2 is 2.18 bits per heavy atom. The summed E-state index contributed by atoms with van der Waals surface area (Å²) in [6, 6.07) is 8.07. The predicted molar refractivity (Wildman–Crippen MR) is 67.5 cm³/mol. The molecule has 3 heteroatoms. The van der Waals surface area contributed by atoms with E-state index in [1.807, 2.05) is 25.1 Å². The summed E-state index contributed by atoms with van der Waals surface area (Å²) in [5.74, 6) is -0.366. The van der Waals surface area contributed by atoms with Crippen LogP contribution in [0.4, 0.5) is 0 Å². The molecule has 0 N–H and O–H groups in total. The first-order chi connectivity index (χ1) is 8.19. The second kappa shape index (κ2) is 4.78. The van der Waals surface area contributed by atoms with Crippen LogP contribution in [0.1, 0.15) is 11.1 Å². The average molecular weight is 227 g/mol. The molecule has 0 amide bonds. The Hall–Kier alpha value is -2.16. The van der Waals surface area contributed by atoms with E-state index in [1.165, 1.54) is 18.7 Å². The van der Waals surface area contributed by atoms with Gasteiger partial charge in [-0.1, -0.05) is 11.6 Å². The molecule has 1 heterocycles. The zero-order valence-electron chi connectivity index (χ0n) is 9.81. The first-order valence-electron chi connectivity index (χ1n) is 5.31. The van der Waals surface area contributed by atoms with Crippen molar-refractivity contribution in [3.8, 4) is 0 Å². The van der Waals surface area contributed by atoms with Crippen molar-refractivity contribution in [3.63, 3.8) is 0 Å². The minimum Gasteiger partial charge on any atom is -0.466 e. The van der Waals surface area contributed by atoms with E-state index < -0.39 is 0 Å². The molecule has 1 aromatic carbocycles. The summed E-state index contributed by atoms with van der Waals surface area (Å²) in [6.45, 7) is 2.04. The number of ether oxygens (including phenoxy) is 1. The van der Waals surface area contributed by atoms with Gasteiger partial charge in [-0.05, 0) is 36.8 Å². The molecule has 0 bridgehead atoms. The van der Waals surface area contributed by atoms with Gasteiger partial charge in [0, 0.05) is 17.7 Å². The maximum absolute atomic E-state index is 11.0. The molecule has 0 aliphatic rings. The lowest BCUT2D eigenvalue weighted by Crippen LogP contribution is -1.93. The Kier molecular flexibility index (Phi) is 3.19. The van der Waals surface area contributed by atoms with E-state index in [0.29, 0.717) is 0 Å². The fraction of sp³-hybridized carbons (Fsp3) is 0.143. The molecule has 0 aliphatic carbocycles. The third-order valence-corrected chi connectivity index (χ3v) is 2.47. The summed E-state index contributed by atoms with van der Waals surface area (Å²) in [6.07, 6.45) is 4.82. The number of aromatic nitrogens is 1. The van der Waals surface area contributed by atoms with Crippen LogP contribution in [0.15, 0.2) is 36.5 Å². The van der Waals surface area contributed by atoms with Crippen molar-refractivity contribution in [2.45, 2.75) is 6.92 Å². The van der Waals surface area contributed by atoms with E-state index in [0.717, 1.165) is 16.5 Å². The molecule has 0 saturated carbocycles. The number of benzene rings is 1. The van der Waals surface area contributed by atoms with Gasteiger partial charge in [0.2, 0.25) is 0 Å². The van der Waals surface area contributed by atoms with Gasteiger partial charge in [-0.3, -0.25) is 4.98 Å². The molecular formula is C14H13NO2. The highest BCUT2D eigenvalue weighted by molar-refractivity contribution is 5.88. The molecule has 0 saturated heterocycles. The lowest BCUT2D eigenvalue weighted by molar-refractivity contribution is -0.134. The van der Waals surface area contributed by atoms with Crippen molar-refractivity contribution in [3.05, 3.63) is 47.7 Å². The molecule has 0 unspecified atom stereocenters. The summed E-state index contributed by atoms with van der Waals surface area (Å²) >= 11 is 0. The highest BCUT2D eigenvalue weighted by atomic mass is 16.5. The van der Waals surface area contributed by atoms with Crippen molar-refractivity contribution >= 4 is 22.9 Å². The third kappa shape index (κ3) is 2.69. The van der Waals surface area contributed by atoms with Gasteiger partial charge in [-0.25, -0.2) is 4.79 Å². The summed E-state index contributed by atoms with van der Waals surface area (Å²) in [5, 5.41) is 1.07. The molecule has 17 heavy (non-hydrogen) atoms. The minimum absolute atomic E-state index is 0.366. The Bertz CT molecular complexity index is 588. The van der Waals surface area contributed by atoms with Gasteiger partial charge in [0.05, 0.1) is 12.6 Å². The van der Waals surface area contributed by atoms with E-state index in [9.17, 15) is 4.79 Å². The molecule has 0 spiro atoms. The topological polar surface area (TPSA) is 39.2 Å². The second-order valence-corrected chi connectivity index (χ2v) is 3.82. The molecule has 2 aromatic rings. The predicted octanol–water partition coefficient (Wildman–Crippen LogP) is 2.73. The van der Waals surface area contributed by atoms with Crippen LogP contribution in [0.2, 0.25) is 0 Å². The highest BCUT2D eigenvalue weighted by Gasteiger charge is 1.97. The molecule has 0 aliphatic heterocycles. The van der Waals surface area contributed by atoms with E-state index in [1.54, 1.807) is 12.3 Å². The zero-order chi connectivity index (χ0) is 12.3. The SMILES string of the molecule is COC(=O)C=Cc1cnc2ccc(C)cc2c1. The fourth-order valence-corrected chi connectivity index (χ4v) is 1.59. The Balaban J connectivity index is 2.37. The number of hydrogen-bond acceptors (Lipinski definition) is 3. The number of esters is 1. The molecular weight excluding hydrogens is 214 g/mol.